The normalized spacial score (nSPS) is 15.4. The van der Waals surface area contributed by atoms with Gasteiger partial charge in [0.05, 0.1) is 39.5 Å². The lowest BCUT2D eigenvalue weighted by Crippen LogP contribution is -2.19. The molecule has 1 heterocycles. The lowest BCUT2D eigenvalue weighted by Gasteiger charge is -2.21. The molecule has 0 radical (unpaired) electrons. The topological polar surface area (TPSA) is 42.2 Å². The third-order valence-corrected chi connectivity index (χ3v) is 7.97. The Morgan fingerprint density at radius 1 is 0.718 bits per heavy atom. The van der Waals surface area contributed by atoms with Crippen molar-refractivity contribution >= 4 is 22.4 Å². The van der Waals surface area contributed by atoms with Crippen molar-refractivity contribution in [3.63, 3.8) is 0 Å². The Kier molecular flexibility index (Phi) is 7.19. The average molecular weight is 515 g/mol. The van der Waals surface area contributed by atoms with Crippen LogP contribution in [0.25, 0.3) is 28.1 Å². The van der Waals surface area contributed by atoms with Crippen LogP contribution in [0.2, 0.25) is 0 Å². The van der Waals surface area contributed by atoms with Gasteiger partial charge in [0, 0.05) is 11.4 Å². The maximum absolute atomic E-state index is 5.42. The van der Waals surface area contributed by atoms with Crippen LogP contribution < -0.4 is 10.7 Å². The van der Waals surface area contributed by atoms with Crippen LogP contribution in [0.15, 0.2) is 83.9 Å². The van der Waals surface area contributed by atoms with Crippen LogP contribution in [-0.4, -0.2) is 15.6 Å². The van der Waals surface area contributed by atoms with Crippen molar-refractivity contribution in [1.82, 2.24) is 9.55 Å². The maximum atomic E-state index is 5.42. The zero-order valence-corrected chi connectivity index (χ0v) is 23.4. The minimum absolute atomic E-state index is 0.352. The highest BCUT2D eigenvalue weighted by molar-refractivity contribution is 5.84. The Morgan fingerprint density at radius 3 is 2.08 bits per heavy atom. The maximum Gasteiger partial charge on any atom is 0.0900 e. The van der Waals surface area contributed by atoms with E-state index in [1.165, 1.54) is 48.8 Å². The van der Waals surface area contributed by atoms with Crippen LogP contribution in [0, 0.1) is 20.8 Å². The molecule has 2 aliphatic carbocycles. The van der Waals surface area contributed by atoms with Gasteiger partial charge in [-0.25, -0.2) is 4.98 Å². The van der Waals surface area contributed by atoms with Crippen molar-refractivity contribution in [2.75, 3.05) is 5.32 Å². The first-order valence-electron chi connectivity index (χ1n) is 14.5. The largest absolute Gasteiger partial charge is 0.354 e. The molecule has 6 rings (SSSR count). The summed E-state index contributed by atoms with van der Waals surface area (Å²) in [5.41, 5.74) is 11.1. The summed E-state index contributed by atoms with van der Waals surface area (Å²) < 4.78 is 2.35. The summed E-state index contributed by atoms with van der Waals surface area (Å²) >= 11 is 0. The Balaban J connectivity index is 1.60. The molecule has 39 heavy (non-hydrogen) atoms. The summed E-state index contributed by atoms with van der Waals surface area (Å²) in [5.74, 6) is 0. The Morgan fingerprint density at radius 2 is 1.36 bits per heavy atom. The second-order valence-corrected chi connectivity index (χ2v) is 11.3. The minimum atomic E-state index is 0.352. The number of nitrogens with one attached hydrogen (secondary N) is 1. The molecule has 0 unspecified atom stereocenters. The highest BCUT2D eigenvalue weighted by atomic mass is 15.0. The first-order chi connectivity index (χ1) is 19.0. The third kappa shape index (κ3) is 5.61. The molecule has 0 spiro atoms. The number of rotatable bonds is 4. The fourth-order valence-electron chi connectivity index (χ4n) is 5.74. The van der Waals surface area contributed by atoms with E-state index in [0.29, 0.717) is 6.04 Å². The average Bonchev–Trinajstić information content (AvgIpc) is 2.91. The molecule has 0 atom stereocenters. The molecule has 0 bridgehead atoms. The number of benzene rings is 4. The fourth-order valence-corrected chi connectivity index (χ4v) is 5.74. The zero-order chi connectivity index (χ0) is 26.8. The van der Waals surface area contributed by atoms with Gasteiger partial charge < -0.3 is 9.88 Å². The molecule has 198 valence electrons. The molecule has 4 heteroatoms. The van der Waals surface area contributed by atoms with Gasteiger partial charge in [0.25, 0.3) is 0 Å². The lowest BCUT2D eigenvalue weighted by atomic mass is 9.97. The van der Waals surface area contributed by atoms with E-state index in [1.54, 1.807) is 0 Å². The number of anilines is 2. The number of fused-ring (bicyclic) bond motifs is 2. The van der Waals surface area contributed by atoms with Crippen molar-refractivity contribution < 1.29 is 0 Å². The van der Waals surface area contributed by atoms with E-state index in [-0.39, 0.29) is 0 Å². The quantitative estimate of drug-likeness (QED) is 0.243. The third-order valence-electron chi connectivity index (χ3n) is 7.97. The summed E-state index contributed by atoms with van der Waals surface area (Å²) in [6, 6.07) is 28.7. The molecular weight excluding hydrogens is 476 g/mol. The minimum Gasteiger partial charge on any atom is -0.354 e. The van der Waals surface area contributed by atoms with Crippen molar-refractivity contribution in [3.05, 3.63) is 101 Å². The molecule has 0 amide bonds. The van der Waals surface area contributed by atoms with Gasteiger partial charge in [0.15, 0.2) is 0 Å². The molecule has 0 aromatic heterocycles. The summed E-state index contributed by atoms with van der Waals surface area (Å²) in [6.07, 6.45) is 8.85. The van der Waals surface area contributed by atoms with E-state index in [2.05, 4.69) is 110 Å². The first-order valence-corrected chi connectivity index (χ1v) is 14.5. The summed E-state index contributed by atoms with van der Waals surface area (Å²) in [4.78, 5) is 10.6. The summed E-state index contributed by atoms with van der Waals surface area (Å²) in [5, 5.41) is 4.71. The van der Waals surface area contributed by atoms with Crippen LogP contribution in [0.5, 0.6) is 0 Å². The van der Waals surface area contributed by atoms with Crippen molar-refractivity contribution in [3.8, 4) is 17.1 Å². The summed E-state index contributed by atoms with van der Waals surface area (Å²) in [6.45, 7) is 6.38. The Labute approximate surface area is 231 Å². The van der Waals surface area contributed by atoms with E-state index >= 15 is 0 Å². The number of aryl methyl sites for hydroxylation is 3. The van der Waals surface area contributed by atoms with Gasteiger partial charge in [-0.15, -0.1) is 0 Å². The van der Waals surface area contributed by atoms with E-state index in [9.17, 15) is 0 Å². The van der Waals surface area contributed by atoms with Crippen molar-refractivity contribution in [1.29, 1.82) is 0 Å². The van der Waals surface area contributed by atoms with Crippen molar-refractivity contribution in [2.24, 2.45) is 4.99 Å². The molecule has 0 saturated heterocycles. The number of hydrogen-bond donors (Lipinski definition) is 1. The van der Waals surface area contributed by atoms with Crippen LogP contribution in [-0.2, 0) is 0 Å². The van der Waals surface area contributed by atoms with Crippen LogP contribution in [0.4, 0.5) is 11.4 Å². The van der Waals surface area contributed by atoms with Crippen LogP contribution in [0.1, 0.15) is 61.6 Å². The number of aromatic nitrogens is 2. The molecule has 4 nitrogen and oxygen atoms in total. The van der Waals surface area contributed by atoms with Gasteiger partial charge in [-0.05, 0) is 87.7 Å². The highest BCUT2D eigenvalue weighted by Crippen LogP contribution is 2.31. The molecule has 1 saturated carbocycles. The fraction of sp³-hybridized carbons (Fsp3) is 0.314. The predicted octanol–water partition coefficient (Wildman–Crippen LogP) is 8.81. The molecule has 3 aromatic rings. The molecule has 3 aromatic carbocycles. The molecule has 3 aliphatic rings. The van der Waals surface area contributed by atoms with Crippen molar-refractivity contribution in [2.45, 2.75) is 71.8 Å². The van der Waals surface area contributed by atoms with Gasteiger partial charge in [0.1, 0.15) is 0 Å². The van der Waals surface area contributed by atoms with Gasteiger partial charge >= 0.3 is 0 Å². The second-order valence-electron chi connectivity index (χ2n) is 11.3. The van der Waals surface area contributed by atoms with Gasteiger partial charge in [-0.3, -0.25) is 4.99 Å². The standard InChI is InChI=1S/C35H38N4/c1-24-11-16-28(17-12-24)37-30-22-33-35(23-31(30)36-27-9-7-5-4-6-8-10-27)39(29-18-13-25(2)14-19-29)34-20-15-26(3)21-32(34)38-33/h11-23,27,37H,4-10H2,1-3H3. The lowest BCUT2D eigenvalue weighted by molar-refractivity contribution is 0.450. The van der Waals surface area contributed by atoms with E-state index < -0.39 is 0 Å². The number of nitrogens with zero attached hydrogens (tertiary/aromatic N) is 3. The number of hydrogen-bond acceptors (Lipinski definition) is 3. The molecule has 1 fully saturated rings. The summed E-state index contributed by atoms with van der Waals surface area (Å²) in [7, 11) is 0. The van der Waals surface area contributed by atoms with E-state index in [1.807, 2.05) is 0 Å². The van der Waals surface area contributed by atoms with E-state index in [4.69, 9.17) is 9.98 Å². The van der Waals surface area contributed by atoms with Gasteiger partial charge in [-0.1, -0.05) is 73.6 Å². The van der Waals surface area contributed by atoms with E-state index in [0.717, 1.165) is 57.7 Å². The van der Waals surface area contributed by atoms with Crippen LogP contribution in [0.3, 0.4) is 0 Å². The zero-order valence-electron chi connectivity index (χ0n) is 23.4. The van der Waals surface area contributed by atoms with Gasteiger partial charge in [-0.2, -0.15) is 0 Å². The highest BCUT2D eigenvalue weighted by Gasteiger charge is 2.18. The first kappa shape index (κ1) is 25.4. The molecule has 1 aliphatic heterocycles. The Bertz CT molecular complexity index is 1620. The van der Waals surface area contributed by atoms with Crippen LogP contribution >= 0.6 is 0 Å². The Hall–Kier alpha value is -3.92. The monoisotopic (exact) mass is 514 g/mol. The molecule has 1 N–H and O–H groups in total. The molecular formula is C35H38N4. The second kappa shape index (κ2) is 11.1. The predicted molar refractivity (Wildman–Crippen MR) is 163 cm³/mol. The van der Waals surface area contributed by atoms with Gasteiger partial charge in [0.2, 0.25) is 0 Å². The smallest absolute Gasteiger partial charge is 0.0900 e. The SMILES string of the molecule is Cc1ccc(Nc2cc3nc4cc(C)ccc4n(-c4ccc(C)cc4)c-3cc2=NC2CCCCCCC2)cc1.